The fourth-order valence-corrected chi connectivity index (χ4v) is 9.20. The maximum absolute atomic E-state index is 11.1. The van der Waals surface area contributed by atoms with Gasteiger partial charge in [-0.05, 0) is 60.7 Å². The van der Waals surface area contributed by atoms with Gasteiger partial charge in [-0.15, -0.1) is 0 Å². The van der Waals surface area contributed by atoms with Gasteiger partial charge < -0.3 is 18.1 Å². The van der Waals surface area contributed by atoms with Crippen molar-refractivity contribution in [2.45, 2.75) is 0 Å². The molecule has 0 bridgehead atoms. The molecule has 6 heteroatoms. The number of furan rings is 1. The van der Waals surface area contributed by atoms with Gasteiger partial charge in [-0.25, -0.2) is 4.85 Å². The third kappa shape index (κ3) is 3.92. The van der Waals surface area contributed by atoms with Crippen molar-refractivity contribution >= 4 is 93.0 Å². The average molecular weight is 714 g/mol. The molecule has 0 aliphatic rings. The predicted octanol–water partition coefficient (Wildman–Crippen LogP) is 13.3. The zero-order chi connectivity index (χ0) is 37.1. The van der Waals surface area contributed by atoms with Crippen LogP contribution in [-0.2, 0) is 0 Å². The maximum atomic E-state index is 11.1. The van der Waals surface area contributed by atoms with Crippen LogP contribution in [0.2, 0.25) is 0 Å². The van der Waals surface area contributed by atoms with E-state index in [1.165, 1.54) is 0 Å². The second kappa shape index (κ2) is 11.2. The standard InChI is InChI=1S/C50H27N5O/c1-52-39-28-44(30(29-51)27-45(39)54-42-21-11-7-18-38(42)47-43(54)26-25-37-34-17-8-12-22-46(34)56-50(37)47)55-41-20-10-6-16-33(41)36-24-23-35-32-15-5-9-19-40(32)53(48(35)49(36)55)31-13-3-2-4-14-31/h2-28H. The summed E-state index contributed by atoms with van der Waals surface area (Å²) < 4.78 is 13.2. The molecule has 0 saturated carbocycles. The van der Waals surface area contributed by atoms with E-state index in [4.69, 9.17) is 11.0 Å². The minimum absolute atomic E-state index is 0.438. The number of hydrogen-bond donors (Lipinski definition) is 0. The normalized spacial score (nSPS) is 11.9. The summed E-state index contributed by atoms with van der Waals surface area (Å²) in [5.41, 5.74) is 10.8. The van der Waals surface area contributed by atoms with Crippen LogP contribution in [0.15, 0.2) is 168 Å². The van der Waals surface area contributed by atoms with Crippen molar-refractivity contribution in [2.75, 3.05) is 0 Å². The first-order valence-electron chi connectivity index (χ1n) is 18.5. The summed E-state index contributed by atoms with van der Waals surface area (Å²) >= 11 is 0. The summed E-state index contributed by atoms with van der Waals surface area (Å²) in [6.45, 7) is 8.63. The number of fused-ring (bicyclic) bond motifs is 14. The monoisotopic (exact) mass is 713 g/mol. The first-order valence-corrected chi connectivity index (χ1v) is 18.5. The van der Waals surface area contributed by atoms with E-state index < -0.39 is 0 Å². The predicted molar refractivity (Wildman–Crippen MR) is 228 cm³/mol. The minimum Gasteiger partial charge on any atom is -0.455 e. The third-order valence-electron chi connectivity index (χ3n) is 11.5. The van der Waals surface area contributed by atoms with E-state index in [0.717, 1.165) is 93.0 Å². The van der Waals surface area contributed by atoms with Gasteiger partial charge in [-0.3, -0.25) is 0 Å². The van der Waals surface area contributed by atoms with Crippen LogP contribution in [0.25, 0.3) is 109 Å². The lowest BCUT2D eigenvalue weighted by molar-refractivity contribution is 0.673. The summed E-state index contributed by atoms with van der Waals surface area (Å²) in [7, 11) is 0. The van der Waals surface area contributed by atoms with Crippen molar-refractivity contribution in [3.8, 4) is 23.1 Å². The van der Waals surface area contributed by atoms with Crippen LogP contribution >= 0.6 is 0 Å². The molecule has 0 N–H and O–H groups in total. The Morgan fingerprint density at radius 1 is 0.482 bits per heavy atom. The van der Waals surface area contributed by atoms with Crippen LogP contribution in [0, 0.1) is 17.9 Å². The Morgan fingerprint density at radius 3 is 1.75 bits per heavy atom. The van der Waals surface area contributed by atoms with Crippen LogP contribution in [-0.4, -0.2) is 13.7 Å². The molecule has 0 atom stereocenters. The van der Waals surface area contributed by atoms with Gasteiger partial charge in [0, 0.05) is 43.4 Å². The largest absolute Gasteiger partial charge is 0.455 e. The second-order valence-corrected chi connectivity index (χ2v) is 14.3. The number of hydrogen-bond acceptors (Lipinski definition) is 2. The van der Waals surface area contributed by atoms with E-state index in [-0.39, 0.29) is 0 Å². The first-order chi connectivity index (χ1) is 27.7. The van der Waals surface area contributed by atoms with Gasteiger partial charge in [0.2, 0.25) is 5.69 Å². The highest BCUT2D eigenvalue weighted by Crippen LogP contribution is 2.45. The highest BCUT2D eigenvalue weighted by atomic mass is 16.3. The first kappa shape index (κ1) is 30.4. The molecular formula is C50H27N5O. The summed E-state index contributed by atoms with van der Waals surface area (Å²) in [6.07, 6.45) is 0. The van der Waals surface area contributed by atoms with Gasteiger partial charge in [0.1, 0.15) is 17.2 Å². The molecule has 12 rings (SSSR count). The number of rotatable bonds is 3. The van der Waals surface area contributed by atoms with E-state index in [1.807, 2.05) is 54.6 Å². The van der Waals surface area contributed by atoms with E-state index in [2.05, 4.69) is 134 Å². The van der Waals surface area contributed by atoms with Crippen molar-refractivity contribution in [1.29, 1.82) is 5.26 Å². The highest BCUT2D eigenvalue weighted by molar-refractivity contribution is 6.25. The molecule has 4 aromatic heterocycles. The number of benzene rings is 8. The van der Waals surface area contributed by atoms with E-state index >= 15 is 0 Å². The molecule has 0 aliphatic carbocycles. The molecule has 6 nitrogen and oxygen atoms in total. The van der Waals surface area contributed by atoms with E-state index in [9.17, 15) is 5.26 Å². The van der Waals surface area contributed by atoms with Gasteiger partial charge in [0.05, 0.1) is 62.0 Å². The van der Waals surface area contributed by atoms with Gasteiger partial charge in [0.25, 0.3) is 0 Å². The van der Waals surface area contributed by atoms with Gasteiger partial charge in [-0.2, -0.15) is 5.26 Å². The van der Waals surface area contributed by atoms with Crippen molar-refractivity contribution in [3.63, 3.8) is 0 Å². The molecule has 0 spiro atoms. The topological polar surface area (TPSA) is 56.1 Å². The molecule has 0 aliphatic heterocycles. The van der Waals surface area contributed by atoms with Crippen LogP contribution in [0.4, 0.5) is 5.69 Å². The summed E-state index contributed by atoms with van der Waals surface area (Å²) in [5, 5.41) is 19.6. The Hall–Kier alpha value is -8.06. The quantitative estimate of drug-likeness (QED) is 0.171. The molecule has 0 fully saturated rings. The fraction of sp³-hybridized carbons (Fsp3) is 0. The lowest BCUT2D eigenvalue weighted by atomic mass is 10.1. The summed E-state index contributed by atoms with van der Waals surface area (Å²) in [4.78, 5) is 4.18. The van der Waals surface area contributed by atoms with Crippen LogP contribution < -0.4 is 0 Å². The lowest BCUT2D eigenvalue weighted by Gasteiger charge is -2.17. The molecule has 12 aromatic rings. The number of para-hydroxylation sites is 5. The molecule has 258 valence electrons. The molecular weight excluding hydrogens is 687 g/mol. The van der Waals surface area contributed by atoms with Crippen LogP contribution in [0.3, 0.4) is 0 Å². The fourth-order valence-electron chi connectivity index (χ4n) is 9.20. The Kier molecular flexibility index (Phi) is 6.10. The molecule has 0 radical (unpaired) electrons. The number of aromatic nitrogens is 3. The molecule has 8 aromatic carbocycles. The van der Waals surface area contributed by atoms with Gasteiger partial charge >= 0.3 is 0 Å². The number of nitriles is 1. The molecule has 0 amide bonds. The molecule has 0 unspecified atom stereocenters. The Morgan fingerprint density at radius 2 is 1.05 bits per heavy atom. The van der Waals surface area contributed by atoms with E-state index in [1.54, 1.807) is 0 Å². The Labute approximate surface area is 319 Å². The zero-order valence-corrected chi connectivity index (χ0v) is 29.7. The smallest absolute Gasteiger partial charge is 0.212 e. The second-order valence-electron chi connectivity index (χ2n) is 14.3. The van der Waals surface area contributed by atoms with Crippen molar-refractivity contribution in [1.82, 2.24) is 13.7 Å². The van der Waals surface area contributed by atoms with Crippen molar-refractivity contribution in [2.24, 2.45) is 0 Å². The average Bonchev–Trinajstić information content (AvgIpc) is 4.00. The highest BCUT2D eigenvalue weighted by Gasteiger charge is 2.25. The molecule has 56 heavy (non-hydrogen) atoms. The van der Waals surface area contributed by atoms with Crippen molar-refractivity contribution < 1.29 is 4.42 Å². The summed E-state index contributed by atoms with van der Waals surface area (Å²) in [5.74, 6) is 0. The number of nitrogens with zero attached hydrogens (tertiary/aromatic N) is 5. The van der Waals surface area contributed by atoms with Crippen LogP contribution in [0.1, 0.15) is 5.56 Å². The van der Waals surface area contributed by atoms with Crippen LogP contribution in [0.5, 0.6) is 0 Å². The SMILES string of the molecule is [C-]#[N+]c1cc(-n2c3ccccc3c3ccc4c5ccccc5n(-c5ccccc5)c4c32)c(C#N)cc1-n1c2ccccc2c2c3oc4ccccc4c3ccc21. The Balaban J connectivity index is 1.21. The van der Waals surface area contributed by atoms with E-state index in [0.29, 0.717) is 22.6 Å². The maximum Gasteiger partial charge on any atom is 0.212 e. The molecule has 0 saturated heterocycles. The van der Waals surface area contributed by atoms with Gasteiger partial charge in [0.15, 0.2) is 0 Å². The lowest BCUT2D eigenvalue weighted by Crippen LogP contribution is -2.03. The summed E-state index contributed by atoms with van der Waals surface area (Å²) in [6, 6.07) is 58.6. The Bertz CT molecular complexity index is 3730. The zero-order valence-electron chi connectivity index (χ0n) is 29.7. The minimum atomic E-state index is 0.438. The van der Waals surface area contributed by atoms with Crippen molar-refractivity contribution in [3.05, 3.63) is 181 Å². The molecule has 4 heterocycles. The third-order valence-corrected chi connectivity index (χ3v) is 11.5. The van der Waals surface area contributed by atoms with Gasteiger partial charge in [-0.1, -0.05) is 103 Å².